The van der Waals surface area contributed by atoms with Crippen LogP contribution in [0.2, 0.25) is 0 Å². The molecule has 1 heterocycles. The first-order chi connectivity index (χ1) is 13.1. The third-order valence-electron chi connectivity index (χ3n) is 4.55. The Bertz CT molecular complexity index is 972. The highest BCUT2D eigenvalue weighted by molar-refractivity contribution is 6.07. The lowest BCUT2D eigenvalue weighted by Gasteiger charge is -2.18. The van der Waals surface area contributed by atoms with E-state index >= 15 is 0 Å². The van der Waals surface area contributed by atoms with E-state index in [-0.39, 0.29) is 17.0 Å². The van der Waals surface area contributed by atoms with Gasteiger partial charge in [0.05, 0.1) is 5.39 Å². The zero-order valence-electron chi connectivity index (χ0n) is 15.6. The highest BCUT2D eigenvalue weighted by atomic mass is 16.5. The quantitative estimate of drug-likeness (QED) is 0.569. The van der Waals surface area contributed by atoms with E-state index in [1.54, 1.807) is 48.5 Å². The smallest absolute Gasteiger partial charge is 0.228 e. The number of benzene rings is 2. The monoisotopic (exact) mass is 365 g/mol. The molecule has 0 unspecified atom stereocenters. The number of hydrogen-bond acceptors (Lipinski definition) is 5. The molecule has 0 saturated carbocycles. The van der Waals surface area contributed by atoms with Crippen molar-refractivity contribution in [3.8, 4) is 5.75 Å². The fraction of sp³-hybridized carbons (Fsp3) is 0.273. The Balaban J connectivity index is 1.71. The van der Waals surface area contributed by atoms with Crippen LogP contribution in [0.3, 0.4) is 0 Å². The number of rotatable bonds is 8. The van der Waals surface area contributed by atoms with Gasteiger partial charge in [0, 0.05) is 18.2 Å². The zero-order chi connectivity index (χ0) is 19.2. The van der Waals surface area contributed by atoms with Crippen molar-refractivity contribution >= 4 is 16.8 Å². The van der Waals surface area contributed by atoms with E-state index in [4.69, 9.17) is 9.15 Å². The molecular formula is C22H23NO4. The third kappa shape index (κ3) is 4.44. The second-order valence-electron chi connectivity index (χ2n) is 6.20. The van der Waals surface area contributed by atoms with Crippen LogP contribution in [0.25, 0.3) is 11.0 Å². The fourth-order valence-corrected chi connectivity index (χ4v) is 2.89. The molecular weight excluding hydrogens is 342 g/mol. The van der Waals surface area contributed by atoms with Crippen molar-refractivity contribution in [3.63, 3.8) is 0 Å². The Morgan fingerprint density at radius 2 is 1.74 bits per heavy atom. The summed E-state index contributed by atoms with van der Waals surface area (Å²) in [4.78, 5) is 27.1. The Morgan fingerprint density at radius 1 is 1.04 bits per heavy atom. The molecule has 27 heavy (non-hydrogen) atoms. The van der Waals surface area contributed by atoms with Gasteiger partial charge in [-0.2, -0.15) is 0 Å². The molecule has 0 radical (unpaired) electrons. The summed E-state index contributed by atoms with van der Waals surface area (Å²) in [6, 6.07) is 15.0. The second-order valence-corrected chi connectivity index (χ2v) is 6.20. The molecule has 140 valence electrons. The molecule has 0 aliphatic carbocycles. The first-order valence-corrected chi connectivity index (χ1v) is 9.15. The normalized spacial score (nSPS) is 11.1. The van der Waals surface area contributed by atoms with E-state index in [0.29, 0.717) is 28.9 Å². The maximum atomic E-state index is 12.7. The molecule has 5 heteroatoms. The van der Waals surface area contributed by atoms with Crippen LogP contribution < -0.4 is 10.2 Å². The summed E-state index contributed by atoms with van der Waals surface area (Å²) in [5.74, 6) is 0.417. The van der Waals surface area contributed by atoms with Gasteiger partial charge in [0.2, 0.25) is 5.78 Å². The van der Waals surface area contributed by atoms with Crippen LogP contribution in [0.5, 0.6) is 5.75 Å². The molecule has 3 aromatic rings. The Hall–Kier alpha value is -2.92. The molecule has 2 aromatic carbocycles. The number of carbonyl (C=O) groups excluding carboxylic acids is 1. The van der Waals surface area contributed by atoms with Gasteiger partial charge in [-0.1, -0.05) is 26.0 Å². The molecule has 0 amide bonds. The van der Waals surface area contributed by atoms with Crippen LogP contribution in [0.15, 0.2) is 63.8 Å². The highest BCUT2D eigenvalue weighted by Gasteiger charge is 2.14. The summed E-state index contributed by atoms with van der Waals surface area (Å²) in [7, 11) is 0. The first kappa shape index (κ1) is 18.9. The minimum absolute atomic E-state index is 0.0360. The molecule has 0 fully saturated rings. The topological polar surface area (TPSA) is 59.8 Å². The standard InChI is InChI=1S/C22H23NO4/c1-3-23(4-2)13-14-26-17-11-9-16(10-12-17)22(25)21-15-19(24)18-7-5-6-8-20(18)27-21/h5-12,15H,3-4,13-14H2,1-2H3. The Labute approximate surface area is 158 Å². The molecule has 0 aliphatic rings. The average Bonchev–Trinajstić information content (AvgIpc) is 2.71. The number of para-hydroxylation sites is 1. The predicted molar refractivity (Wildman–Crippen MR) is 106 cm³/mol. The van der Waals surface area contributed by atoms with Gasteiger partial charge in [-0.05, 0) is 49.5 Å². The lowest BCUT2D eigenvalue weighted by molar-refractivity contribution is 0.101. The molecule has 0 bridgehead atoms. The van der Waals surface area contributed by atoms with Gasteiger partial charge in [0.1, 0.15) is 17.9 Å². The summed E-state index contributed by atoms with van der Waals surface area (Å²) in [5.41, 5.74) is 0.630. The Morgan fingerprint density at radius 3 is 2.44 bits per heavy atom. The zero-order valence-corrected chi connectivity index (χ0v) is 15.6. The number of likely N-dealkylation sites (N-methyl/N-ethyl adjacent to an activating group) is 1. The minimum Gasteiger partial charge on any atom is -0.492 e. The number of ketones is 1. The largest absolute Gasteiger partial charge is 0.492 e. The van der Waals surface area contributed by atoms with Crippen LogP contribution in [0, 0.1) is 0 Å². The molecule has 0 aliphatic heterocycles. The number of ether oxygens (including phenoxy) is 1. The Kier molecular flexibility index (Phi) is 6.04. The highest BCUT2D eigenvalue weighted by Crippen LogP contribution is 2.18. The summed E-state index contributed by atoms with van der Waals surface area (Å²) >= 11 is 0. The van der Waals surface area contributed by atoms with Gasteiger partial charge < -0.3 is 14.1 Å². The SMILES string of the molecule is CCN(CC)CCOc1ccc(C(=O)c2cc(=O)c3ccccc3o2)cc1. The van der Waals surface area contributed by atoms with Crippen LogP contribution in [-0.4, -0.2) is 36.9 Å². The molecule has 0 saturated heterocycles. The van der Waals surface area contributed by atoms with Crippen molar-refractivity contribution in [2.24, 2.45) is 0 Å². The molecule has 0 atom stereocenters. The first-order valence-electron chi connectivity index (χ1n) is 9.15. The van der Waals surface area contributed by atoms with Crippen LogP contribution >= 0.6 is 0 Å². The van der Waals surface area contributed by atoms with E-state index in [1.807, 2.05) is 0 Å². The van der Waals surface area contributed by atoms with Crippen molar-refractivity contribution in [2.75, 3.05) is 26.2 Å². The molecule has 1 aromatic heterocycles. The summed E-state index contributed by atoms with van der Waals surface area (Å²) in [6.45, 7) is 7.67. The number of carbonyl (C=O) groups is 1. The van der Waals surface area contributed by atoms with Crippen molar-refractivity contribution in [1.29, 1.82) is 0 Å². The summed E-state index contributed by atoms with van der Waals surface area (Å²) in [5, 5.41) is 0.464. The van der Waals surface area contributed by atoms with Crippen LogP contribution in [0.4, 0.5) is 0 Å². The number of fused-ring (bicyclic) bond motifs is 1. The molecule has 5 nitrogen and oxygen atoms in total. The summed E-state index contributed by atoms with van der Waals surface area (Å²) < 4.78 is 11.3. The van der Waals surface area contributed by atoms with Gasteiger partial charge in [0.15, 0.2) is 11.2 Å². The lowest BCUT2D eigenvalue weighted by atomic mass is 10.1. The van der Waals surface area contributed by atoms with Gasteiger partial charge in [0.25, 0.3) is 0 Å². The minimum atomic E-state index is -0.326. The van der Waals surface area contributed by atoms with E-state index in [0.717, 1.165) is 19.6 Å². The van der Waals surface area contributed by atoms with E-state index in [2.05, 4.69) is 18.7 Å². The lowest BCUT2D eigenvalue weighted by Crippen LogP contribution is -2.27. The molecule has 0 N–H and O–H groups in total. The van der Waals surface area contributed by atoms with Gasteiger partial charge in [-0.3, -0.25) is 9.59 Å². The maximum Gasteiger partial charge on any atom is 0.228 e. The van der Waals surface area contributed by atoms with E-state index in [1.165, 1.54) is 6.07 Å². The van der Waals surface area contributed by atoms with Crippen molar-refractivity contribution in [2.45, 2.75) is 13.8 Å². The number of hydrogen-bond donors (Lipinski definition) is 0. The van der Waals surface area contributed by atoms with Crippen LogP contribution in [0.1, 0.15) is 30.0 Å². The summed E-state index contributed by atoms with van der Waals surface area (Å²) in [6.07, 6.45) is 0. The maximum absolute atomic E-state index is 12.7. The van der Waals surface area contributed by atoms with E-state index in [9.17, 15) is 9.59 Å². The van der Waals surface area contributed by atoms with Crippen molar-refractivity contribution in [1.82, 2.24) is 4.90 Å². The second kappa shape index (κ2) is 8.64. The van der Waals surface area contributed by atoms with Crippen LogP contribution in [-0.2, 0) is 0 Å². The van der Waals surface area contributed by atoms with Gasteiger partial charge >= 0.3 is 0 Å². The van der Waals surface area contributed by atoms with Crippen molar-refractivity contribution < 1.29 is 13.9 Å². The van der Waals surface area contributed by atoms with Gasteiger partial charge in [-0.25, -0.2) is 0 Å². The fourth-order valence-electron chi connectivity index (χ4n) is 2.89. The van der Waals surface area contributed by atoms with Crippen molar-refractivity contribution in [3.05, 3.63) is 76.1 Å². The molecule has 3 rings (SSSR count). The molecule has 0 spiro atoms. The predicted octanol–water partition coefficient (Wildman–Crippen LogP) is 3.74. The van der Waals surface area contributed by atoms with Gasteiger partial charge in [-0.15, -0.1) is 0 Å². The average molecular weight is 365 g/mol. The third-order valence-corrected chi connectivity index (χ3v) is 4.55. The van der Waals surface area contributed by atoms with E-state index < -0.39 is 0 Å². The number of nitrogens with zero attached hydrogens (tertiary/aromatic N) is 1.